The van der Waals surface area contributed by atoms with Crippen LogP contribution in [0.4, 0.5) is 11.4 Å². The van der Waals surface area contributed by atoms with Gasteiger partial charge in [0, 0.05) is 0 Å². The molecule has 0 aliphatic carbocycles. The zero-order chi connectivity index (χ0) is 26.1. The molecule has 0 spiro atoms. The number of rotatable bonds is 7. The molecule has 0 heterocycles. The van der Waals surface area contributed by atoms with E-state index >= 15 is 0 Å². The van der Waals surface area contributed by atoms with E-state index in [0.717, 1.165) is 15.2 Å². The molecule has 0 bridgehead atoms. The number of nitro benzene ring substituents is 2. The third-order valence-electron chi connectivity index (χ3n) is 5.41. The van der Waals surface area contributed by atoms with Crippen molar-refractivity contribution < 1.29 is 18.9 Å². The van der Waals surface area contributed by atoms with Gasteiger partial charge in [-0.3, -0.25) is 0 Å². The van der Waals surface area contributed by atoms with Gasteiger partial charge in [0.2, 0.25) is 0 Å². The van der Waals surface area contributed by atoms with E-state index in [2.05, 4.69) is 15.9 Å². The van der Waals surface area contributed by atoms with Crippen LogP contribution in [0.1, 0.15) is 20.8 Å². The Bertz CT molecular complexity index is 1380. The molecule has 0 aliphatic rings. The molecule has 0 amide bonds. The molecule has 8 nitrogen and oxygen atoms in total. The second-order valence-electron chi connectivity index (χ2n) is 9.17. The molecule has 36 heavy (non-hydrogen) atoms. The molecule has 0 saturated heterocycles. The van der Waals surface area contributed by atoms with Gasteiger partial charge in [0.05, 0.1) is 0 Å². The van der Waals surface area contributed by atoms with E-state index < -0.39 is 23.2 Å². The quantitative estimate of drug-likeness (QED) is 0.137. The van der Waals surface area contributed by atoms with Crippen molar-refractivity contribution >= 4 is 56.4 Å². The first-order chi connectivity index (χ1) is 17.0. The van der Waals surface area contributed by atoms with Crippen LogP contribution in [-0.2, 0) is 4.52 Å². The van der Waals surface area contributed by atoms with Gasteiger partial charge in [-0.2, -0.15) is 0 Å². The molecule has 186 valence electrons. The molecule has 4 rings (SSSR count). The maximum absolute atomic E-state index is 11.3. The van der Waals surface area contributed by atoms with Crippen LogP contribution in [0.3, 0.4) is 0 Å². The Labute approximate surface area is 216 Å². The summed E-state index contributed by atoms with van der Waals surface area (Å²) in [6.45, 7) is 5.69. The Morgan fingerprint density at radius 3 is 1.75 bits per heavy atom. The first kappa shape index (κ1) is 25.7. The van der Waals surface area contributed by atoms with Gasteiger partial charge < -0.3 is 0 Å². The van der Waals surface area contributed by atoms with Gasteiger partial charge in [0.15, 0.2) is 0 Å². The van der Waals surface area contributed by atoms with Crippen LogP contribution in [-0.4, -0.2) is 15.4 Å². The van der Waals surface area contributed by atoms with E-state index in [0.29, 0.717) is 16.4 Å². The second kappa shape index (κ2) is 9.93. The predicted molar refractivity (Wildman–Crippen MR) is 147 cm³/mol. The molecule has 0 fully saturated rings. The molecule has 0 saturated carbocycles. The van der Waals surface area contributed by atoms with E-state index in [1.807, 2.05) is 57.2 Å². The van der Waals surface area contributed by atoms with Gasteiger partial charge in [0.1, 0.15) is 0 Å². The Kier molecular flexibility index (Phi) is 7.09. The molecule has 0 aliphatic heterocycles. The molecule has 10 heteroatoms. The van der Waals surface area contributed by atoms with Crippen LogP contribution in [0.2, 0.25) is 0 Å². The van der Waals surface area contributed by atoms with Crippen molar-refractivity contribution in [2.45, 2.75) is 26.4 Å². The van der Waals surface area contributed by atoms with Crippen molar-refractivity contribution in [1.82, 2.24) is 0 Å². The average Bonchev–Trinajstić information content (AvgIpc) is 2.82. The van der Waals surface area contributed by atoms with Crippen LogP contribution in [0.5, 0.6) is 5.75 Å². The van der Waals surface area contributed by atoms with Crippen molar-refractivity contribution in [3.05, 3.63) is 110 Å². The fraction of sp³-hybridized carbons (Fsp3) is 0.154. The first-order valence-electron chi connectivity index (χ1n) is 11.1. The molecule has 0 aromatic heterocycles. The summed E-state index contributed by atoms with van der Waals surface area (Å²) in [5.41, 5.74) is -0.805. The number of fused-ring (bicyclic) bond motifs is 1. The van der Waals surface area contributed by atoms with E-state index in [1.165, 1.54) is 24.3 Å². The van der Waals surface area contributed by atoms with Crippen molar-refractivity contribution in [2.75, 3.05) is 0 Å². The molecular weight excluding hydrogens is 547 g/mol. The summed E-state index contributed by atoms with van der Waals surface area (Å²) in [5.74, 6) is 0.563. The van der Waals surface area contributed by atoms with Crippen LogP contribution in [0, 0.1) is 20.2 Å². The number of nitro groups is 2. The van der Waals surface area contributed by atoms with E-state index in [-0.39, 0.29) is 11.4 Å². The van der Waals surface area contributed by atoms with E-state index in [4.69, 9.17) is 9.05 Å². The molecule has 0 N–H and O–H groups in total. The standard InChI is InChI=1S/C26H24BrN2O6P/c1-26(2,3)35-36(22-12-8-20(9-13-22)28(30)31,23-14-10-21(11-15-23)29(32)33)34-25-17-19(27)16-18-6-4-5-7-24(18)25/h4-17,36H,1-3H3. The van der Waals surface area contributed by atoms with Crippen LogP contribution in [0.15, 0.2) is 89.4 Å². The van der Waals surface area contributed by atoms with Gasteiger partial charge in [-0.05, 0) is 0 Å². The molecular formula is C26H24BrN2O6P. The molecule has 0 unspecified atom stereocenters. The number of hydrogen-bond donors (Lipinski definition) is 0. The maximum atomic E-state index is 11.3. The summed E-state index contributed by atoms with van der Waals surface area (Å²) < 4.78 is 14.5. The van der Waals surface area contributed by atoms with Gasteiger partial charge in [0.25, 0.3) is 0 Å². The van der Waals surface area contributed by atoms with Crippen LogP contribution >= 0.6 is 23.6 Å². The number of hydrogen-bond acceptors (Lipinski definition) is 6. The number of benzene rings is 4. The summed E-state index contributed by atoms with van der Waals surface area (Å²) in [6, 6.07) is 23.8. The molecule has 4 aromatic carbocycles. The monoisotopic (exact) mass is 570 g/mol. The summed E-state index contributed by atoms with van der Waals surface area (Å²) >= 11 is 3.56. The number of halogens is 1. The third-order valence-corrected chi connectivity index (χ3v) is 9.46. The summed E-state index contributed by atoms with van der Waals surface area (Å²) in [5, 5.41) is 25.7. The van der Waals surface area contributed by atoms with E-state index in [1.54, 1.807) is 24.3 Å². The Morgan fingerprint density at radius 1 is 0.778 bits per heavy atom. The summed E-state index contributed by atoms with van der Waals surface area (Å²) in [7, 11) is -3.65. The van der Waals surface area contributed by atoms with Crippen LogP contribution < -0.4 is 15.1 Å². The Balaban J connectivity index is 2.00. The Morgan fingerprint density at radius 2 is 1.28 bits per heavy atom. The van der Waals surface area contributed by atoms with Crippen molar-refractivity contribution in [3.63, 3.8) is 0 Å². The summed E-state index contributed by atoms with van der Waals surface area (Å²) in [6.07, 6.45) is 0. The fourth-order valence-corrected chi connectivity index (χ4v) is 7.79. The SMILES string of the molecule is CC(C)(C)O[PH](Oc1cc(Br)cc2ccccc12)(c1ccc([N+](=O)[O-])cc1)c1ccc([N+](=O)[O-])cc1. The first-order valence-corrected chi connectivity index (χ1v) is 13.7. The fourth-order valence-electron chi connectivity index (χ4n) is 3.94. The van der Waals surface area contributed by atoms with Gasteiger partial charge in [-0.1, -0.05) is 0 Å². The number of non-ortho nitro benzene ring substituents is 2. The molecule has 0 radical (unpaired) electrons. The van der Waals surface area contributed by atoms with Crippen LogP contribution in [0.25, 0.3) is 10.8 Å². The van der Waals surface area contributed by atoms with Crippen molar-refractivity contribution in [1.29, 1.82) is 0 Å². The Hall–Kier alpha value is -3.39. The topological polar surface area (TPSA) is 105 Å². The number of nitrogens with zero attached hydrogens (tertiary/aromatic N) is 2. The van der Waals surface area contributed by atoms with Gasteiger partial charge >= 0.3 is 217 Å². The molecule has 0 atom stereocenters. The predicted octanol–water partition coefficient (Wildman–Crippen LogP) is 6.84. The zero-order valence-corrected chi connectivity index (χ0v) is 22.4. The summed E-state index contributed by atoms with van der Waals surface area (Å²) in [4.78, 5) is 21.7. The van der Waals surface area contributed by atoms with E-state index in [9.17, 15) is 20.2 Å². The minimum absolute atomic E-state index is 0.0611. The second-order valence-corrected chi connectivity index (χ2v) is 12.9. The average molecular weight is 571 g/mol. The zero-order valence-electron chi connectivity index (χ0n) is 19.8. The normalized spacial score (nSPS) is 12.3. The van der Waals surface area contributed by atoms with Crippen molar-refractivity contribution in [2.24, 2.45) is 0 Å². The van der Waals surface area contributed by atoms with Gasteiger partial charge in [-0.15, -0.1) is 0 Å². The van der Waals surface area contributed by atoms with Crippen molar-refractivity contribution in [3.8, 4) is 5.75 Å². The minimum atomic E-state index is -3.65. The molecule has 4 aromatic rings. The third kappa shape index (κ3) is 5.38. The van der Waals surface area contributed by atoms with Gasteiger partial charge in [-0.25, -0.2) is 0 Å².